The highest BCUT2D eigenvalue weighted by molar-refractivity contribution is 6.72. The van der Waals surface area contributed by atoms with Crippen LogP contribution in [0.2, 0.25) is 18.6 Å². The maximum atomic E-state index is 15.8. The van der Waals surface area contributed by atoms with Crippen LogP contribution < -0.4 is 15.2 Å². The van der Waals surface area contributed by atoms with Crippen molar-refractivity contribution in [3.63, 3.8) is 0 Å². The average Bonchev–Trinajstić information content (AvgIpc) is 3.31. The predicted octanol–water partition coefficient (Wildman–Crippen LogP) is 4.68. The molecule has 5 rings (SSSR count). The summed E-state index contributed by atoms with van der Waals surface area (Å²) < 4.78 is 29.0. The highest BCUT2D eigenvalue weighted by Crippen LogP contribution is 2.61. The van der Waals surface area contributed by atoms with E-state index in [0.717, 1.165) is 0 Å². The first kappa shape index (κ1) is 25.4. The van der Waals surface area contributed by atoms with Gasteiger partial charge in [0.2, 0.25) is 8.41 Å². The number of fused-ring (bicyclic) bond motifs is 2. The van der Waals surface area contributed by atoms with Gasteiger partial charge in [0.1, 0.15) is 0 Å². The Morgan fingerprint density at radius 3 is 2.46 bits per heavy atom. The predicted molar refractivity (Wildman–Crippen MR) is 142 cm³/mol. The molecule has 1 fully saturated rings. The van der Waals surface area contributed by atoms with E-state index in [0.29, 0.717) is 22.6 Å². The Bertz CT molecular complexity index is 1390. The molecule has 1 amide bonds. The number of ether oxygens (including phenoxy) is 2. The number of aliphatic hydroxyl groups is 1. The zero-order valence-electron chi connectivity index (χ0n) is 21.3. The second-order valence-electron chi connectivity index (χ2n) is 10.2. The van der Waals surface area contributed by atoms with Gasteiger partial charge >= 0.3 is 0 Å². The Labute approximate surface area is 216 Å². The summed E-state index contributed by atoms with van der Waals surface area (Å²) >= 11 is 0. The van der Waals surface area contributed by atoms with E-state index in [4.69, 9.17) is 9.47 Å². The SMILES string of the molecule is COc1cccn(-c2ccc3c(c2)[C@]2(O[C@@H](CCO)[C@H]([Si](C)(C)F)[C@H]2C)C(=O)N3c2ccccc2)c1=O. The minimum absolute atomic E-state index is 0.170. The van der Waals surface area contributed by atoms with Gasteiger partial charge in [-0.15, -0.1) is 0 Å². The molecule has 37 heavy (non-hydrogen) atoms. The van der Waals surface area contributed by atoms with E-state index in [1.807, 2.05) is 37.3 Å². The van der Waals surface area contributed by atoms with Gasteiger partial charge in [-0.1, -0.05) is 25.1 Å². The first-order valence-corrected chi connectivity index (χ1v) is 15.4. The number of aliphatic hydroxyl groups excluding tert-OH is 1. The number of halogens is 1. The maximum Gasteiger partial charge on any atom is 0.297 e. The molecule has 3 heterocycles. The summed E-state index contributed by atoms with van der Waals surface area (Å²) in [6.45, 7) is 4.96. The van der Waals surface area contributed by atoms with Gasteiger partial charge in [0, 0.05) is 41.2 Å². The molecule has 1 N–H and O–H groups in total. The third-order valence-corrected chi connectivity index (χ3v) is 10.1. The number of pyridine rings is 1. The molecule has 1 aromatic heterocycles. The molecular weight excluding hydrogens is 491 g/mol. The van der Waals surface area contributed by atoms with Gasteiger partial charge < -0.3 is 18.7 Å². The van der Waals surface area contributed by atoms with Crippen molar-refractivity contribution in [3.05, 3.63) is 82.8 Å². The molecule has 2 aliphatic heterocycles. The second-order valence-corrected chi connectivity index (χ2v) is 14.0. The van der Waals surface area contributed by atoms with Crippen LogP contribution in [0.3, 0.4) is 0 Å². The Morgan fingerprint density at radius 1 is 1.08 bits per heavy atom. The van der Waals surface area contributed by atoms with Gasteiger partial charge in [-0.05, 0) is 62.0 Å². The maximum absolute atomic E-state index is 15.8. The van der Waals surface area contributed by atoms with Crippen LogP contribution >= 0.6 is 0 Å². The first-order chi connectivity index (χ1) is 17.6. The van der Waals surface area contributed by atoms with Crippen molar-refractivity contribution in [2.24, 2.45) is 5.92 Å². The molecule has 0 unspecified atom stereocenters. The fourth-order valence-corrected chi connectivity index (χ4v) is 8.72. The molecule has 0 bridgehead atoms. The van der Waals surface area contributed by atoms with Gasteiger partial charge in [0.05, 0.1) is 18.9 Å². The lowest BCUT2D eigenvalue weighted by Crippen LogP contribution is -2.44. The van der Waals surface area contributed by atoms with E-state index in [1.54, 1.807) is 54.5 Å². The molecule has 0 saturated carbocycles. The molecule has 2 aromatic carbocycles. The van der Waals surface area contributed by atoms with Crippen molar-refractivity contribution >= 4 is 25.7 Å². The number of rotatable bonds is 6. The van der Waals surface area contributed by atoms with Crippen molar-refractivity contribution < 1.29 is 23.5 Å². The minimum Gasteiger partial charge on any atom is -0.491 e. The van der Waals surface area contributed by atoms with E-state index < -0.39 is 31.6 Å². The zero-order valence-corrected chi connectivity index (χ0v) is 22.3. The molecule has 4 atom stereocenters. The quantitative estimate of drug-likeness (QED) is 0.376. The van der Waals surface area contributed by atoms with E-state index >= 15 is 4.11 Å². The van der Waals surface area contributed by atoms with Crippen molar-refractivity contribution in [2.45, 2.75) is 43.7 Å². The lowest BCUT2D eigenvalue weighted by Gasteiger charge is -2.31. The standard InChI is InChI=1S/C28H31FN2O5Si/c1-18-25(37(3,4)29)23(14-16-32)36-28(18)21-17-20(30-15-8-11-24(35-2)26(30)33)12-13-22(21)31(27(28)34)19-9-6-5-7-10-19/h5-13,15,17-18,23,25,32H,14,16H2,1-4H3/t18-,23+,25-,28+/m1/s1. The van der Waals surface area contributed by atoms with Crippen molar-refractivity contribution in [1.29, 1.82) is 0 Å². The van der Waals surface area contributed by atoms with Crippen molar-refractivity contribution in [2.75, 3.05) is 18.6 Å². The third-order valence-electron chi connectivity index (χ3n) is 7.69. The number of hydrogen-bond acceptors (Lipinski definition) is 5. The smallest absolute Gasteiger partial charge is 0.297 e. The highest BCUT2D eigenvalue weighted by Gasteiger charge is 2.66. The van der Waals surface area contributed by atoms with E-state index in [2.05, 4.69) is 0 Å². The van der Waals surface area contributed by atoms with Gasteiger partial charge in [-0.3, -0.25) is 19.1 Å². The number of aromatic nitrogens is 1. The molecule has 2 aliphatic rings. The Morgan fingerprint density at radius 2 is 1.81 bits per heavy atom. The topological polar surface area (TPSA) is 81.0 Å². The molecule has 3 aromatic rings. The number of anilines is 2. The van der Waals surface area contributed by atoms with Crippen LogP contribution in [0.5, 0.6) is 5.75 Å². The Kier molecular flexibility index (Phi) is 6.33. The van der Waals surface area contributed by atoms with E-state index in [9.17, 15) is 14.7 Å². The van der Waals surface area contributed by atoms with Crippen LogP contribution in [0, 0.1) is 5.92 Å². The van der Waals surface area contributed by atoms with Crippen LogP contribution in [0.1, 0.15) is 18.9 Å². The van der Waals surface area contributed by atoms with E-state index in [-0.39, 0.29) is 30.2 Å². The van der Waals surface area contributed by atoms with Crippen LogP contribution in [-0.2, 0) is 15.1 Å². The summed E-state index contributed by atoms with van der Waals surface area (Å²) in [6.07, 6.45) is 1.27. The molecular formula is C28H31FN2O5Si. The van der Waals surface area contributed by atoms with Gasteiger partial charge in [0.15, 0.2) is 11.4 Å². The Hall–Kier alpha value is -3.27. The monoisotopic (exact) mass is 522 g/mol. The fourth-order valence-electron chi connectivity index (χ4n) is 6.17. The number of amides is 1. The molecule has 9 heteroatoms. The van der Waals surface area contributed by atoms with Crippen LogP contribution in [0.25, 0.3) is 5.69 Å². The third kappa shape index (κ3) is 3.84. The number of benzene rings is 2. The molecule has 7 nitrogen and oxygen atoms in total. The zero-order chi connectivity index (χ0) is 26.5. The average molecular weight is 523 g/mol. The van der Waals surface area contributed by atoms with Gasteiger partial charge in [0.25, 0.3) is 11.5 Å². The number of carbonyl (C=O) groups is 1. The molecule has 0 radical (unpaired) electrons. The summed E-state index contributed by atoms with van der Waals surface area (Å²) in [6, 6.07) is 17.9. The largest absolute Gasteiger partial charge is 0.491 e. The first-order valence-electron chi connectivity index (χ1n) is 12.4. The van der Waals surface area contributed by atoms with Crippen LogP contribution in [0.4, 0.5) is 15.5 Å². The normalized spacial score (nSPS) is 25.1. The van der Waals surface area contributed by atoms with Crippen LogP contribution in [0.15, 0.2) is 71.7 Å². The van der Waals surface area contributed by atoms with Crippen LogP contribution in [-0.4, -0.2) is 43.8 Å². The molecule has 1 spiro atoms. The summed E-state index contributed by atoms with van der Waals surface area (Å²) in [4.78, 5) is 29.0. The molecule has 1 saturated heterocycles. The number of hydrogen-bond donors (Lipinski definition) is 1. The highest BCUT2D eigenvalue weighted by atomic mass is 28.4. The summed E-state index contributed by atoms with van der Waals surface area (Å²) in [5.74, 6) is -0.591. The number of nitrogens with zero attached hydrogens (tertiary/aromatic N) is 2. The lowest BCUT2D eigenvalue weighted by molar-refractivity contribution is -0.145. The van der Waals surface area contributed by atoms with Gasteiger partial charge in [-0.25, -0.2) is 0 Å². The summed E-state index contributed by atoms with van der Waals surface area (Å²) in [5.41, 5.74) is 0.137. The number of carbonyl (C=O) groups excluding carboxylic acids is 1. The van der Waals surface area contributed by atoms with E-state index in [1.165, 1.54) is 11.7 Å². The summed E-state index contributed by atoms with van der Waals surface area (Å²) in [7, 11) is -1.87. The number of methoxy groups -OCH3 is 1. The second kappa shape index (κ2) is 9.23. The minimum atomic E-state index is -3.31. The van der Waals surface area contributed by atoms with Crippen molar-refractivity contribution in [1.82, 2.24) is 4.57 Å². The van der Waals surface area contributed by atoms with Crippen molar-refractivity contribution in [3.8, 4) is 11.4 Å². The lowest BCUT2D eigenvalue weighted by atomic mass is 9.82. The molecule has 194 valence electrons. The number of para-hydroxylation sites is 1. The van der Waals surface area contributed by atoms with Gasteiger partial charge in [-0.2, -0.15) is 0 Å². The fraction of sp³-hybridized carbons (Fsp3) is 0.357. The molecule has 0 aliphatic carbocycles. The summed E-state index contributed by atoms with van der Waals surface area (Å²) in [5, 5.41) is 9.76. The Balaban J connectivity index is 1.75.